The minimum absolute atomic E-state index is 0.163. The Kier molecular flexibility index (Phi) is 7.60. The largest absolute Gasteiger partial charge is 0.493 e. The van der Waals surface area contributed by atoms with Crippen molar-refractivity contribution in [3.8, 4) is 5.75 Å². The average molecular weight is 378 g/mol. The monoisotopic (exact) mass is 378 g/mol. The quantitative estimate of drug-likeness (QED) is 0.530. The van der Waals surface area contributed by atoms with Gasteiger partial charge < -0.3 is 25.2 Å². The van der Waals surface area contributed by atoms with Gasteiger partial charge in [0.25, 0.3) is 5.91 Å². The highest BCUT2D eigenvalue weighted by atomic mass is 16.5. The molecule has 2 amide bonds. The lowest BCUT2D eigenvalue weighted by molar-refractivity contribution is -0.139. The molecule has 0 aromatic heterocycles. The number of hydrogen-bond acceptors (Lipinski definition) is 5. The highest BCUT2D eigenvalue weighted by molar-refractivity contribution is 5.96. The molecule has 1 unspecified atom stereocenters. The number of carboxylic acids is 1. The molecule has 1 aliphatic heterocycles. The van der Waals surface area contributed by atoms with Crippen LogP contribution >= 0.6 is 0 Å². The number of carbonyl (C=O) groups excluding carboxylic acids is 2. The molecule has 8 heteroatoms. The molecule has 1 aromatic carbocycles. The molecule has 1 aromatic rings. The van der Waals surface area contributed by atoms with Crippen LogP contribution in [0.1, 0.15) is 43.0 Å². The summed E-state index contributed by atoms with van der Waals surface area (Å²) in [5.41, 5.74) is -0.380. The van der Waals surface area contributed by atoms with E-state index in [0.29, 0.717) is 43.9 Å². The van der Waals surface area contributed by atoms with Crippen molar-refractivity contribution in [2.45, 2.75) is 38.1 Å². The van der Waals surface area contributed by atoms with Gasteiger partial charge in [0.2, 0.25) is 5.91 Å². The summed E-state index contributed by atoms with van der Waals surface area (Å²) in [4.78, 5) is 35.4. The summed E-state index contributed by atoms with van der Waals surface area (Å²) in [5, 5.41) is 14.6. The molecule has 1 fully saturated rings. The molecule has 0 bridgehead atoms. The zero-order valence-corrected chi connectivity index (χ0v) is 15.5. The van der Waals surface area contributed by atoms with E-state index >= 15 is 0 Å². The first-order chi connectivity index (χ1) is 13.0. The molecule has 3 N–H and O–H groups in total. The van der Waals surface area contributed by atoms with Crippen LogP contribution in [0.5, 0.6) is 5.75 Å². The van der Waals surface area contributed by atoms with Crippen LogP contribution in [0, 0.1) is 0 Å². The van der Waals surface area contributed by atoms with Crippen LogP contribution in [-0.2, 0) is 14.3 Å². The predicted molar refractivity (Wildman–Crippen MR) is 97.7 cm³/mol. The first-order valence-electron chi connectivity index (χ1n) is 9.06. The minimum Gasteiger partial charge on any atom is -0.493 e. The molecule has 1 aliphatic rings. The first-order valence-corrected chi connectivity index (χ1v) is 9.06. The zero-order valence-electron chi connectivity index (χ0n) is 15.5. The van der Waals surface area contributed by atoms with Crippen molar-refractivity contribution in [2.75, 3.05) is 26.4 Å². The number of carbonyl (C=O) groups is 3. The van der Waals surface area contributed by atoms with Crippen LogP contribution in [0.3, 0.4) is 0 Å². The Hall–Kier alpha value is -2.61. The second-order valence-electron chi connectivity index (χ2n) is 6.49. The lowest BCUT2D eigenvalue weighted by Crippen LogP contribution is -2.50. The minimum atomic E-state index is -0.971. The number of carboxylic acid groups (broad SMARTS) is 1. The van der Waals surface area contributed by atoms with E-state index in [2.05, 4.69) is 10.6 Å². The summed E-state index contributed by atoms with van der Waals surface area (Å²) in [6.07, 6.45) is 0.951. The van der Waals surface area contributed by atoms with E-state index in [1.807, 2.05) is 6.92 Å². The SMILES string of the molecule is CCOc1ccccc1C(=O)NCCCC(=O)NC1(CC(=O)O)CCOC1. The van der Waals surface area contributed by atoms with Crippen molar-refractivity contribution in [2.24, 2.45) is 0 Å². The van der Waals surface area contributed by atoms with Gasteiger partial charge in [0.15, 0.2) is 0 Å². The smallest absolute Gasteiger partial charge is 0.305 e. The summed E-state index contributed by atoms with van der Waals surface area (Å²) in [6, 6.07) is 6.97. The Morgan fingerprint density at radius 2 is 2.07 bits per heavy atom. The Morgan fingerprint density at radius 1 is 1.30 bits per heavy atom. The normalized spacial score (nSPS) is 18.7. The molecule has 0 saturated carbocycles. The van der Waals surface area contributed by atoms with Gasteiger partial charge in [-0.2, -0.15) is 0 Å². The first kappa shape index (κ1) is 20.7. The number of benzene rings is 1. The van der Waals surface area contributed by atoms with E-state index in [0.717, 1.165) is 0 Å². The van der Waals surface area contributed by atoms with E-state index < -0.39 is 11.5 Å². The predicted octanol–water partition coefficient (Wildman–Crippen LogP) is 1.35. The van der Waals surface area contributed by atoms with Gasteiger partial charge in [-0.25, -0.2) is 0 Å². The van der Waals surface area contributed by atoms with Crippen molar-refractivity contribution >= 4 is 17.8 Å². The molecule has 1 saturated heterocycles. The molecule has 0 aliphatic carbocycles. The van der Waals surface area contributed by atoms with Gasteiger partial charge in [-0.05, 0) is 31.9 Å². The number of ether oxygens (including phenoxy) is 2. The van der Waals surface area contributed by atoms with Gasteiger partial charge in [-0.1, -0.05) is 12.1 Å². The number of nitrogens with one attached hydrogen (secondary N) is 2. The van der Waals surface area contributed by atoms with Crippen molar-refractivity contribution in [3.05, 3.63) is 29.8 Å². The Morgan fingerprint density at radius 3 is 2.74 bits per heavy atom. The van der Waals surface area contributed by atoms with E-state index in [-0.39, 0.29) is 31.3 Å². The number of rotatable bonds is 10. The number of aliphatic carboxylic acids is 1. The van der Waals surface area contributed by atoms with Gasteiger partial charge in [-0.3, -0.25) is 14.4 Å². The third-order valence-corrected chi connectivity index (χ3v) is 4.30. The maximum atomic E-state index is 12.3. The second-order valence-corrected chi connectivity index (χ2v) is 6.49. The fourth-order valence-corrected chi connectivity index (χ4v) is 3.02. The Bertz CT molecular complexity index is 670. The van der Waals surface area contributed by atoms with Crippen molar-refractivity contribution in [1.82, 2.24) is 10.6 Å². The number of amides is 2. The molecule has 1 atom stereocenters. The topological polar surface area (TPSA) is 114 Å². The summed E-state index contributed by atoms with van der Waals surface area (Å²) < 4.78 is 10.7. The average Bonchev–Trinajstić information content (AvgIpc) is 3.06. The lowest BCUT2D eigenvalue weighted by atomic mass is 9.94. The van der Waals surface area contributed by atoms with E-state index in [1.165, 1.54) is 0 Å². The zero-order chi connectivity index (χ0) is 19.7. The summed E-state index contributed by atoms with van der Waals surface area (Å²) in [7, 11) is 0. The van der Waals surface area contributed by atoms with Crippen LogP contribution in [0.2, 0.25) is 0 Å². The standard InChI is InChI=1S/C19H26N2O6/c1-2-27-15-7-4-3-6-14(15)18(25)20-10-5-8-16(22)21-19(12-17(23)24)9-11-26-13-19/h3-4,6-7H,2,5,8-13H2,1H3,(H,20,25)(H,21,22)(H,23,24). The second kappa shape index (κ2) is 9.91. The third-order valence-electron chi connectivity index (χ3n) is 4.30. The summed E-state index contributed by atoms with van der Waals surface area (Å²) >= 11 is 0. The maximum Gasteiger partial charge on any atom is 0.305 e. The van der Waals surface area contributed by atoms with Crippen molar-refractivity contribution in [1.29, 1.82) is 0 Å². The third kappa shape index (κ3) is 6.25. The highest BCUT2D eigenvalue weighted by Gasteiger charge is 2.38. The molecule has 0 spiro atoms. The van der Waals surface area contributed by atoms with Crippen LogP contribution in [-0.4, -0.2) is 54.8 Å². The Balaban J connectivity index is 1.77. The van der Waals surface area contributed by atoms with Gasteiger partial charge in [0, 0.05) is 19.6 Å². The van der Waals surface area contributed by atoms with Gasteiger partial charge >= 0.3 is 5.97 Å². The van der Waals surface area contributed by atoms with E-state index in [9.17, 15) is 14.4 Å². The molecular weight excluding hydrogens is 352 g/mol. The molecule has 8 nitrogen and oxygen atoms in total. The van der Waals surface area contributed by atoms with E-state index in [4.69, 9.17) is 14.6 Å². The van der Waals surface area contributed by atoms with Crippen LogP contribution < -0.4 is 15.4 Å². The highest BCUT2D eigenvalue weighted by Crippen LogP contribution is 2.23. The van der Waals surface area contributed by atoms with Gasteiger partial charge in [0.1, 0.15) is 5.75 Å². The molecule has 27 heavy (non-hydrogen) atoms. The summed E-state index contributed by atoms with van der Waals surface area (Å²) in [6.45, 7) is 3.28. The van der Waals surface area contributed by atoms with Crippen molar-refractivity contribution < 1.29 is 29.0 Å². The summed E-state index contributed by atoms with van der Waals surface area (Å²) in [5.74, 6) is -0.954. The van der Waals surface area contributed by atoms with Gasteiger partial charge in [-0.15, -0.1) is 0 Å². The van der Waals surface area contributed by atoms with Crippen LogP contribution in [0.15, 0.2) is 24.3 Å². The fraction of sp³-hybridized carbons (Fsp3) is 0.526. The lowest BCUT2D eigenvalue weighted by Gasteiger charge is -2.27. The fourth-order valence-electron chi connectivity index (χ4n) is 3.02. The van der Waals surface area contributed by atoms with Crippen LogP contribution in [0.4, 0.5) is 0 Å². The number of hydrogen-bond donors (Lipinski definition) is 3. The molecular formula is C19H26N2O6. The van der Waals surface area contributed by atoms with Crippen LogP contribution in [0.25, 0.3) is 0 Å². The molecule has 2 rings (SSSR count). The molecule has 1 heterocycles. The maximum absolute atomic E-state index is 12.3. The number of para-hydroxylation sites is 1. The van der Waals surface area contributed by atoms with Crippen molar-refractivity contribution in [3.63, 3.8) is 0 Å². The van der Waals surface area contributed by atoms with Gasteiger partial charge in [0.05, 0.1) is 30.7 Å². The molecule has 148 valence electrons. The molecule has 0 radical (unpaired) electrons. The van der Waals surface area contributed by atoms with E-state index in [1.54, 1.807) is 24.3 Å². The Labute approximate surface area is 158 Å².